The Balaban J connectivity index is 3.19. The van der Waals surface area contributed by atoms with Crippen molar-refractivity contribution in [2.24, 2.45) is 0 Å². The lowest BCUT2D eigenvalue weighted by Gasteiger charge is -2.13. The van der Waals surface area contributed by atoms with Gasteiger partial charge in [0.15, 0.2) is 11.5 Å². The van der Waals surface area contributed by atoms with Crippen LogP contribution in [0.5, 0.6) is 11.5 Å². The van der Waals surface area contributed by atoms with E-state index in [2.05, 4.69) is 6.07 Å². The number of nitrogens with zero attached hydrogens (tertiary/aromatic N) is 1. The maximum atomic E-state index is 9.02. The number of nitriles is 1. The molecule has 0 fully saturated rings. The number of ether oxygens (including phenoxy) is 2. The largest absolute Gasteiger partial charge is 0.490 e. The van der Waals surface area contributed by atoms with Crippen molar-refractivity contribution in [2.45, 2.75) is 27.2 Å². The molecule has 0 unspecified atom stereocenters. The Labute approximate surface area is 96.6 Å². The SMILES string of the molecule is CCOc1cc(C#N)c(CC)cc1OCC. The summed E-state index contributed by atoms with van der Waals surface area (Å²) in [6.45, 7) is 7.02. The van der Waals surface area contributed by atoms with Crippen LogP contribution in [0.15, 0.2) is 12.1 Å². The fraction of sp³-hybridized carbons (Fsp3) is 0.462. The molecule has 1 aromatic rings. The first kappa shape index (κ1) is 12.4. The molecule has 1 aromatic carbocycles. The van der Waals surface area contributed by atoms with E-state index in [1.165, 1.54) is 0 Å². The van der Waals surface area contributed by atoms with Gasteiger partial charge in [-0.15, -0.1) is 0 Å². The predicted octanol–water partition coefficient (Wildman–Crippen LogP) is 2.92. The van der Waals surface area contributed by atoms with Gasteiger partial charge >= 0.3 is 0 Å². The first-order valence-electron chi connectivity index (χ1n) is 5.59. The molecule has 86 valence electrons. The third-order valence-electron chi connectivity index (χ3n) is 2.27. The number of hydrogen-bond acceptors (Lipinski definition) is 3. The van der Waals surface area contributed by atoms with Gasteiger partial charge in [0.1, 0.15) is 0 Å². The summed E-state index contributed by atoms with van der Waals surface area (Å²) in [6, 6.07) is 5.83. The highest BCUT2D eigenvalue weighted by Crippen LogP contribution is 2.31. The maximum absolute atomic E-state index is 9.02. The molecule has 0 aromatic heterocycles. The summed E-state index contributed by atoms with van der Waals surface area (Å²) >= 11 is 0. The number of rotatable bonds is 5. The van der Waals surface area contributed by atoms with Crippen LogP contribution in [0.2, 0.25) is 0 Å². The Morgan fingerprint density at radius 3 is 2.06 bits per heavy atom. The molecule has 0 aliphatic heterocycles. The monoisotopic (exact) mass is 219 g/mol. The van der Waals surface area contributed by atoms with Crippen LogP contribution >= 0.6 is 0 Å². The smallest absolute Gasteiger partial charge is 0.162 e. The zero-order chi connectivity index (χ0) is 12.0. The van der Waals surface area contributed by atoms with Crippen molar-refractivity contribution in [3.63, 3.8) is 0 Å². The minimum absolute atomic E-state index is 0.566. The summed E-state index contributed by atoms with van der Waals surface area (Å²) in [5.74, 6) is 1.37. The number of benzene rings is 1. The molecule has 0 N–H and O–H groups in total. The van der Waals surface area contributed by atoms with Gasteiger partial charge in [-0.25, -0.2) is 0 Å². The van der Waals surface area contributed by atoms with Crippen molar-refractivity contribution in [2.75, 3.05) is 13.2 Å². The second-order valence-corrected chi connectivity index (χ2v) is 3.29. The third kappa shape index (κ3) is 2.66. The van der Waals surface area contributed by atoms with E-state index in [-0.39, 0.29) is 0 Å². The average Bonchev–Trinajstić information content (AvgIpc) is 2.31. The molecule has 0 saturated carbocycles. The fourth-order valence-electron chi connectivity index (χ4n) is 1.54. The van der Waals surface area contributed by atoms with Crippen LogP contribution in [0.4, 0.5) is 0 Å². The van der Waals surface area contributed by atoms with E-state index in [0.717, 1.165) is 17.7 Å². The molecule has 0 atom stereocenters. The van der Waals surface area contributed by atoms with Crippen molar-refractivity contribution in [3.05, 3.63) is 23.3 Å². The third-order valence-corrected chi connectivity index (χ3v) is 2.27. The molecule has 0 amide bonds. The van der Waals surface area contributed by atoms with Crippen LogP contribution in [0.1, 0.15) is 31.9 Å². The molecule has 0 saturated heterocycles. The Kier molecular flexibility index (Phi) is 4.65. The Morgan fingerprint density at radius 1 is 1.06 bits per heavy atom. The van der Waals surface area contributed by atoms with E-state index in [4.69, 9.17) is 14.7 Å². The minimum Gasteiger partial charge on any atom is -0.490 e. The average molecular weight is 219 g/mol. The highest BCUT2D eigenvalue weighted by atomic mass is 16.5. The molecule has 0 heterocycles. The molecule has 16 heavy (non-hydrogen) atoms. The molecule has 3 nitrogen and oxygen atoms in total. The lowest BCUT2D eigenvalue weighted by molar-refractivity contribution is 0.287. The molecule has 0 spiro atoms. The van der Waals surface area contributed by atoms with Gasteiger partial charge in [0, 0.05) is 6.07 Å². The molecule has 1 rings (SSSR count). The van der Waals surface area contributed by atoms with E-state index in [1.54, 1.807) is 6.07 Å². The van der Waals surface area contributed by atoms with Crippen molar-refractivity contribution in [1.82, 2.24) is 0 Å². The Morgan fingerprint density at radius 2 is 1.62 bits per heavy atom. The molecule has 0 aliphatic carbocycles. The second-order valence-electron chi connectivity index (χ2n) is 3.29. The van der Waals surface area contributed by atoms with Crippen LogP contribution in [0.25, 0.3) is 0 Å². The van der Waals surface area contributed by atoms with E-state index in [1.807, 2.05) is 26.8 Å². The summed E-state index contributed by atoms with van der Waals surface area (Å²) in [4.78, 5) is 0. The second kappa shape index (κ2) is 6.02. The molecule has 0 aliphatic rings. The highest BCUT2D eigenvalue weighted by molar-refractivity contribution is 5.51. The van der Waals surface area contributed by atoms with E-state index < -0.39 is 0 Å². The Bertz CT molecular complexity index is 394. The van der Waals surface area contributed by atoms with E-state index >= 15 is 0 Å². The molecular weight excluding hydrogens is 202 g/mol. The van der Waals surface area contributed by atoms with E-state index in [9.17, 15) is 0 Å². The van der Waals surface area contributed by atoms with E-state index in [0.29, 0.717) is 24.5 Å². The topological polar surface area (TPSA) is 42.2 Å². The summed E-state index contributed by atoms with van der Waals surface area (Å²) in [7, 11) is 0. The predicted molar refractivity (Wildman–Crippen MR) is 62.9 cm³/mol. The highest BCUT2D eigenvalue weighted by Gasteiger charge is 2.10. The molecule has 3 heteroatoms. The summed E-state index contributed by atoms with van der Waals surface area (Å²) in [6.07, 6.45) is 0.815. The minimum atomic E-state index is 0.566. The van der Waals surface area contributed by atoms with Crippen molar-refractivity contribution in [3.8, 4) is 17.6 Å². The lowest BCUT2D eigenvalue weighted by Crippen LogP contribution is -2.00. The van der Waals surface area contributed by atoms with Crippen LogP contribution in [-0.4, -0.2) is 13.2 Å². The van der Waals surface area contributed by atoms with Gasteiger partial charge in [0.25, 0.3) is 0 Å². The summed E-state index contributed by atoms with van der Waals surface area (Å²) in [5.41, 5.74) is 1.66. The summed E-state index contributed by atoms with van der Waals surface area (Å²) in [5, 5.41) is 9.02. The molecule has 0 bridgehead atoms. The van der Waals surface area contributed by atoms with Gasteiger partial charge in [0.05, 0.1) is 24.8 Å². The standard InChI is InChI=1S/C13H17NO2/c1-4-10-7-12(15-5-2)13(16-6-3)8-11(10)9-14/h7-8H,4-6H2,1-3H3. The maximum Gasteiger partial charge on any atom is 0.162 e. The van der Waals surface area contributed by atoms with Gasteiger partial charge in [-0.1, -0.05) is 6.92 Å². The van der Waals surface area contributed by atoms with Gasteiger partial charge < -0.3 is 9.47 Å². The summed E-state index contributed by atoms with van der Waals surface area (Å²) < 4.78 is 11.0. The lowest BCUT2D eigenvalue weighted by atomic mass is 10.1. The number of aryl methyl sites for hydroxylation is 1. The zero-order valence-electron chi connectivity index (χ0n) is 10.0. The van der Waals surface area contributed by atoms with Gasteiger partial charge in [-0.2, -0.15) is 5.26 Å². The zero-order valence-corrected chi connectivity index (χ0v) is 10.0. The van der Waals surface area contributed by atoms with Crippen molar-refractivity contribution in [1.29, 1.82) is 5.26 Å². The van der Waals surface area contributed by atoms with Gasteiger partial charge in [0.2, 0.25) is 0 Å². The van der Waals surface area contributed by atoms with Crippen LogP contribution < -0.4 is 9.47 Å². The van der Waals surface area contributed by atoms with Crippen LogP contribution in [-0.2, 0) is 6.42 Å². The first-order chi connectivity index (χ1) is 7.76. The molecule has 0 radical (unpaired) electrons. The quantitative estimate of drug-likeness (QED) is 0.764. The normalized spacial score (nSPS) is 9.62. The fourth-order valence-corrected chi connectivity index (χ4v) is 1.54. The van der Waals surface area contributed by atoms with Gasteiger partial charge in [-0.3, -0.25) is 0 Å². The first-order valence-corrected chi connectivity index (χ1v) is 5.59. The van der Waals surface area contributed by atoms with Crippen LogP contribution in [0.3, 0.4) is 0 Å². The Hall–Kier alpha value is -1.69. The number of hydrogen-bond donors (Lipinski definition) is 0. The van der Waals surface area contributed by atoms with Crippen molar-refractivity contribution >= 4 is 0 Å². The van der Waals surface area contributed by atoms with Crippen molar-refractivity contribution < 1.29 is 9.47 Å². The van der Waals surface area contributed by atoms with Gasteiger partial charge in [-0.05, 0) is 31.9 Å². The van der Waals surface area contributed by atoms with Crippen LogP contribution in [0, 0.1) is 11.3 Å². The molecular formula is C13H17NO2.